The lowest BCUT2D eigenvalue weighted by Gasteiger charge is -2.19. The van der Waals surface area contributed by atoms with Crippen molar-refractivity contribution in [2.75, 3.05) is 5.75 Å². The van der Waals surface area contributed by atoms with E-state index in [1.165, 1.54) is 0 Å². The van der Waals surface area contributed by atoms with Crippen molar-refractivity contribution < 1.29 is 14.3 Å². The average molecular weight is 344 g/mol. The molecule has 0 aliphatic rings. The van der Waals surface area contributed by atoms with Crippen molar-refractivity contribution in [3.8, 4) is 5.75 Å². The Morgan fingerprint density at radius 3 is 2.29 bits per heavy atom. The number of rotatable bonds is 7. The molecule has 4 heteroatoms. The number of benzene rings is 2. The maximum Gasteiger partial charge on any atom is 0.307 e. The fourth-order valence-electron chi connectivity index (χ4n) is 2.02. The summed E-state index contributed by atoms with van der Waals surface area (Å²) in [6.45, 7) is 6.20. The summed E-state index contributed by atoms with van der Waals surface area (Å²) in [4.78, 5) is 12.8. The summed E-state index contributed by atoms with van der Waals surface area (Å²) in [7, 11) is 0. The zero-order valence-electron chi connectivity index (χ0n) is 14.5. The molecule has 0 amide bonds. The van der Waals surface area contributed by atoms with E-state index < -0.39 is 5.60 Å². The maximum atomic E-state index is 11.7. The summed E-state index contributed by atoms with van der Waals surface area (Å²) in [6, 6.07) is 18.0. The number of esters is 1. The van der Waals surface area contributed by atoms with Gasteiger partial charge in [-0.15, -0.1) is 11.8 Å². The smallest absolute Gasteiger partial charge is 0.307 e. The average Bonchev–Trinajstić information content (AvgIpc) is 2.53. The predicted molar refractivity (Wildman–Crippen MR) is 98.4 cm³/mol. The second kappa shape index (κ2) is 8.78. The Hall–Kier alpha value is -1.94. The summed E-state index contributed by atoms with van der Waals surface area (Å²) < 4.78 is 11.1. The van der Waals surface area contributed by atoms with Gasteiger partial charge < -0.3 is 9.47 Å². The molecule has 128 valence electrons. The van der Waals surface area contributed by atoms with E-state index in [-0.39, 0.29) is 5.97 Å². The molecule has 0 saturated carbocycles. The van der Waals surface area contributed by atoms with E-state index in [1.54, 1.807) is 11.8 Å². The standard InChI is InChI=1S/C20H24O3S/c1-20(2,3)23-19(21)13-14-24-18-11-9-17(10-12-18)22-15-16-7-5-4-6-8-16/h4-12H,13-15H2,1-3H3. The maximum absolute atomic E-state index is 11.7. The molecule has 0 N–H and O–H groups in total. The lowest BCUT2D eigenvalue weighted by Crippen LogP contribution is -2.23. The summed E-state index contributed by atoms with van der Waals surface area (Å²) in [5.74, 6) is 1.40. The van der Waals surface area contributed by atoms with Crippen LogP contribution in [0.2, 0.25) is 0 Å². The minimum Gasteiger partial charge on any atom is -0.489 e. The molecule has 0 fully saturated rings. The monoisotopic (exact) mass is 344 g/mol. The molecular formula is C20H24O3S. The fraction of sp³-hybridized carbons (Fsp3) is 0.350. The molecule has 3 nitrogen and oxygen atoms in total. The number of carbonyl (C=O) groups is 1. The van der Waals surface area contributed by atoms with Crippen molar-refractivity contribution in [2.45, 2.75) is 44.3 Å². The summed E-state index contributed by atoms with van der Waals surface area (Å²) in [6.07, 6.45) is 0.411. The van der Waals surface area contributed by atoms with E-state index in [2.05, 4.69) is 0 Å². The number of thioether (sulfide) groups is 1. The quantitative estimate of drug-likeness (QED) is 0.518. The van der Waals surface area contributed by atoms with E-state index >= 15 is 0 Å². The normalized spacial score (nSPS) is 11.1. The van der Waals surface area contributed by atoms with E-state index in [4.69, 9.17) is 9.47 Å². The number of hydrogen-bond donors (Lipinski definition) is 0. The Bertz CT molecular complexity index is 630. The molecule has 0 atom stereocenters. The van der Waals surface area contributed by atoms with Crippen molar-refractivity contribution in [3.05, 3.63) is 60.2 Å². The molecule has 2 rings (SSSR count). The van der Waals surface area contributed by atoms with Gasteiger partial charge in [0.2, 0.25) is 0 Å². The van der Waals surface area contributed by atoms with Gasteiger partial charge in [0.15, 0.2) is 0 Å². The Morgan fingerprint density at radius 1 is 1.00 bits per heavy atom. The van der Waals surface area contributed by atoms with Gasteiger partial charge in [0.05, 0.1) is 6.42 Å². The molecule has 0 unspecified atom stereocenters. The molecule has 0 heterocycles. The molecular weight excluding hydrogens is 320 g/mol. The lowest BCUT2D eigenvalue weighted by molar-refractivity contribution is -0.154. The van der Waals surface area contributed by atoms with Crippen molar-refractivity contribution in [1.82, 2.24) is 0 Å². The molecule has 0 spiro atoms. The van der Waals surface area contributed by atoms with E-state index in [1.807, 2.05) is 75.4 Å². The van der Waals surface area contributed by atoms with Crippen LogP contribution in [0.3, 0.4) is 0 Å². The Balaban J connectivity index is 1.73. The molecule has 0 aliphatic carbocycles. The van der Waals surface area contributed by atoms with Gasteiger partial charge in [0.1, 0.15) is 18.0 Å². The van der Waals surface area contributed by atoms with Crippen LogP contribution in [0.25, 0.3) is 0 Å². The highest BCUT2D eigenvalue weighted by Crippen LogP contribution is 2.23. The topological polar surface area (TPSA) is 35.5 Å². The van der Waals surface area contributed by atoms with Crippen LogP contribution in [0.4, 0.5) is 0 Å². The fourth-order valence-corrected chi connectivity index (χ4v) is 2.85. The Labute approximate surface area is 148 Å². The number of carbonyl (C=O) groups excluding carboxylic acids is 1. The SMILES string of the molecule is CC(C)(C)OC(=O)CCSc1ccc(OCc2ccccc2)cc1. The first-order valence-corrected chi connectivity index (χ1v) is 9.02. The van der Waals surface area contributed by atoms with Crippen LogP contribution in [0.15, 0.2) is 59.5 Å². The van der Waals surface area contributed by atoms with Crippen LogP contribution in [-0.2, 0) is 16.1 Å². The molecule has 0 radical (unpaired) electrons. The molecule has 24 heavy (non-hydrogen) atoms. The van der Waals surface area contributed by atoms with E-state index in [0.29, 0.717) is 18.8 Å². The van der Waals surface area contributed by atoms with Crippen molar-refractivity contribution >= 4 is 17.7 Å². The highest BCUT2D eigenvalue weighted by Gasteiger charge is 2.15. The molecule has 0 aliphatic heterocycles. The number of ether oxygens (including phenoxy) is 2. The van der Waals surface area contributed by atoms with Crippen molar-refractivity contribution in [1.29, 1.82) is 0 Å². The first-order valence-electron chi connectivity index (χ1n) is 8.04. The van der Waals surface area contributed by atoms with Crippen LogP contribution in [0.5, 0.6) is 5.75 Å². The first-order chi connectivity index (χ1) is 11.4. The van der Waals surface area contributed by atoms with Gasteiger partial charge in [-0.2, -0.15) is 0 Å². The Kier molecular flexibility index (Phi) is 6.73. The first kappa shape index (κ1) is 18.4. The van der Waals surface area contributed by atoms with Gasteiger partial charge in [-0.3, -0.25) is 4.79 Å². The van der Waals surface area contributed by atoms with E-state index in [0.717, 1.165) is 16.2 Å². The highest BCUT2D eigenvalue weighted by atomic mass is 32.2. The third-order valence-corrected chi connectivity index (χ3v) is 4.08. The van der Waals surface area contributed by atoms with Crippen molar-refractivity contribution in [2.24, 2.45) is 0 Å². The van der Waals surface area contributed by atoms with Gasteiger partial charge in [-0.1, -0.05) is 30.3 Å². The van der Waals surface area contributed by atoms with Gasteiger partial charge in [0.25, 0.3) is 0 Å². The highest BCUT2D eigenvalue weighted by molar-refractivity contribution is 7.99. The largest absolute Gasteiger partial charge is 0.489 e. The van der Waals surface area contributed by atoms with Crippen LogP contribution in [0.1, 0.15) is 32.8 Å². The molecule has 2 aromatic carbocycles. The van der Waals surface area contributed by atoms with Gasteiger partial charge in [0, 0.05) is 10.6 Å². The predicted octanol–water partition coefficient (Wildman–Crippen LogP) is 5.09. The molecule has 2 aromatic rings. The summed E-state index contributed by atoms with van der Waals surface area (Å²) in [5.41, 5.74) is 0.729. The van der Waals surface area contributed by atoms with Crippen LogP contribution >= 0.6 is 11.8 Å². The second-order valence-electron chi connectivity index (χ2n) is 6.43. The minimum atomic E-state index is -0.417. The number of hydrogen-bond acceptors (Lipinski definition) is 4. The van der Waals surface area contributed by atoms with Crippen molar-refractivity contribution in [3.63, 3.8) is 0 Å². The second-order valence-corrected chi connectivity index (χ2v) is 7.60. The third-order valence-electron chi connectivity index (χ3n) is 3.07. The summed E-state index contributed by atoms with van der Waals surface area (Å²) in [5, 5.41) is 0. The van der Waals surface area contributed by atoms with Crippen LogP contribution in [0, 0.1) is 0 Å². The third kappa shape index (κ3) is 7.09. The molecule has 0 aromatic heterocycles. The minimum absolute atomic E-state index is 0.155. The molecule has 0 bridgehead atoms. The Morgan fingerprint density at radius 2 is 1.67 bits per heavy atom. The molecule has 0 saturated heterocycles. The van der Waals surface area contributed by atoms with Gasteiger partial charge >= 0.3 is 5.97 Å². The zero-order chi connectivity index (χ0) is 17.4. The van der Waals surface area contributed by atoms with Crippen LogP contribution in [-0.4, -0.2) is 17.3 Å². The van der Waals surface area contributed by atoms with Gasteiger partial charge in [-0.05, 0) is 50.6 Å². The van der Waals surface area contributed by atoms with E-state index in [9.17, 15) is 4.79 Å². The van der Waals surface area contributed by atoms with Crippen LogP contribution < -0.4 is 4.74 Å². The lowest BCUT2D eigenvalue weighted by atomic mass is 10.2. The van der Waals surface area contributed by atoms with Gasteiger partial charge in [-0.25, -0.2) is 0 Å². The summed E-state index contributed by atoms with van der Waals surface area (Å²) >= 11 is 1.64. The zero-order valence-corrected chi connectivity index (χ0v) is 15.3.